The third-order valence-electron chi connectivity index (χ3n) is 3.80. The smallest absolute Gasteiger partial charge is 0.270 e. The van der Waals surface area contributed by atoms with Crippen LogP contribution in [0.25, 0.3) is 6.08 Å². The van der Waals surface area contributed by atoms with Gasteiger partial charge in [-0.2, -0.15) is 0 Å². The van der Waals surface area contributed by atoms with Gasteiger partial charge in [0, 0.05) is 0 Å². The van der Waals surface area contributed by atoms with Crippen LogP contribution in [0.15, 0.2) is 47.4 Å². The predicted molar refractivity (Wildman–Crippen MR) is 105 cm³/mol. The Hall–Kier alpha value is -2.11. The molecule has 1 aliphatic heterocycles. The number of hydrogen-bond acceptors (Lipinski definition) is 4. The van der Waals surface area contributed by atoms with Crippen molar-refractivity contribution in [2.45, 2.75) is 13.8 Å². The van der Waals surface area contributed by atoms with Crippen LogP contribution in [-0.4, -0.2) is 17.3 Å². The maximum atomic E-state index is 12.8. The van der Waals surface area contributed by atoms with E-state index < -0.39 is 0 Å². The second-order valence-corrected chi connectivity index (χ2v) is 7.26. The zero-order chi connectivity index (χ0) is 17.3. The summed E-state index contributed by atoms with van der Waals surface area (Å²) >= 11 is 6.76. The summed E-state index contributed by atoms with van der Waals surface area (Å²) in [5.41, 5.74) is 3.99. The molecule has 5 heteroatoms. The Morgan fingerprint density at radius 2 is 1.83 bits per heavy atom. The lowest BCUT2D eigenvalue weighted by atomic mass is 10.1. The van der Waals surface area contributed by atoms with Crippen molar-refractivity contribution in [1.82, 2.24) is 0 Å². The number of carbonyl (C=O) groups excluding carboxylic acids is 1. The Balaban J connectivity index is 1.92. The van der Waals surface area contributed by atoms with E-state index in [1.165, 1.54) is 11.8 Å². The van der Waals surface area contributed by atoms with E-state index in [9.17, 15) is 4.79 Å². The molecule has 0 aliphatic carbocycles. The molecule has 0 unspecified atom stereocenters. The normalized spacial score (nSPS) is 16.1. The van der Waals surface area contributed by atoms with Crippen molar-refractivity contribution in [2.75, 3.05) is 12.0 Å². The SMILES string of the molecule is COc1ccc(/C=C2\SC(=S)N(c3ccc(C)cc3C)C2=O)cc1. The average molecular weight is 355 g/mol. The summed E-state index contributed by atoms with van der Waals surface area (Å²) in [6, 6.07) is 13.6. The van der Waals surface area contributed by atoms with Crippen LogP contribution in [0, 0.1) is 13.8 Å². The van der Waals surface area contributed by atoms with Crippen LogP contribution in [0.5, 0.6) is 5.75 Å². The third kappa shape index (κ3) is 3.23. The number of methoxy groups -OCH3 is 1. The quantitative estimate of drug-likeness (QED) is 0.589. The van der Waals surface area contributed by atoms with E-state index in [-0.39, 0.29) is 5.91 Å². The number of benzene rings is 2. The zero-order valence-corrected chi connectivity index (χ0v) is 15.3. The van der Waals surface area contributed by atoms with Crippen LogP contribution >= 0.6 is 24.0 Å². The van der Waals surface area contributed by atoms with Crippen LogP contribution in [0.3, 0.4) is 0 Å². The molecule has 1 saturated heterocycles. The lowest BCUT2D eigenvalue weighted by Crippen LogP contribution is -2.28. The fourth-order valence-corrected chi connectivity index (χ4v) is 3.87. The number of anilines is 1. The van der Waals surface area contributed by atoms with E-state index in [1.54, 1.807) is 12.0 Å². The predicted octanol–water partition coefficient (Wildman–Crippen LogP) is 4.72. The molecule has 3 nitrogen and oxygen atoms in total. The largest absolute Gasteiger partial charge is 0.497 e. The van der Waals surface area contributed by atoms with Crippen LogP contribution in [-0.2, 0) is 4.79 Å². The molecule has 0 aromatic heterocycles. The number of rotatable bonds is 3. The van der Waals surface area contributed by atoms with Crippen molar-refractivity contribution >= 4 is 46.0 Å². The van der Waals surface area contributed by atoms with Gasteiger partial charge in [0.25, 0.3) is 5.91 Å². The van der Waals surface area contributed by atoms with E-state index in [0.29, 0.717) is 9.23 Å². The summed E-state index contributed by atoms with van der Waals surface area (Å²) in [6.45, 7) is 4.03. The summed E-state index contributed by atoms with van der Waals surface area (Å²) in [4.78, 5) is 15.1. The van der Waals surface area contributed by atoms with Gasteiger partial charge in [-0.25, -0.2) is 0 Å². The van der Waals surface area contributed by atoms with Gasteiger partial charge < -0.3 is 4.74 Å². The number of hydrogen-bond donors (Lipinski definition) is 0. The van der Waals surface area contributed by atoms with Crippen molar-refractivity contribution in [3.8, 4) is 5.75 Å². The third-order valence-corrected chi connectivity index (χ3v) is 5.10. The van der Waals surface area contributed by atoms with E-state index in [2.05, 4.69) is 6.07 Å². The first-order valence-electron chi connectivity index (χ1n) is 7.49. The highest BCUT2D eigenvalue weighted by Crippen LogP contribution is 2.37. The Bertz CT molecular complexity index is 841. The van der Waals surface area contributed by atoms with Gasteiger partial charge in [-0.15, -0.1) is 0 Å². The molecule has 2 aromatic carbocycles. The van der Waals surface area contributed by atoms with Gasteiger partial charge in [0.15, 0.2) is 4.32 Å². The molecule has 0 spiro atoms. The number of thioether (sulfide) groups is 1. The zero-order valence-electron chi connectivity index (χ0n) is 13.7. The molecule has 3 rings (SSSR count). The number of aryl methyl sites for hydroxylation is 2. The molecule has 2 aromatic rings. The summed E-state index contributed by atoms with van der Waals surface area (Å²) in [6.07, 6.45) is 1.86. The van der Waals surface area contributed by atoms with E-state index >= 15 is 0 Å². The van der Waals surface area contributed by atoms with Crippen molar-refractivity contribution in [3.05, 3.63) is 64.1 Å². The van der Waals surface area contributed by atoms with Gasteiger partial charge in [-0.05, 0) is 49.2 Å². The first-order valence-corrected chi connectivity index (χ1v) is 8.71. The number of carbonyl (C=O) groups is 1. The van der Waals surface area contributed by atoms with E-state index in [1.807, 2.05) is 56.3 Å². The summed E-state index contributed by atoms with van der Waals surface area (Å²) in [7, 11) is 1.63. The Morgan fingerprint density at radius 1 is 1.12 bits per heavy atom. The fraction of sp³-hybridized carbons (Fsp3) is 0.158. The number of ether oxygens (including phenoxy) is 1. The number of amides is 1. The molecule has 0 bridgehead atoms. The highest BCUT2D eigenvalue weighted by Gasteiger charge is 2.33. The van der Waals surface area contributed by atoms with Crippen molar-refractivity contribution in [2.24, 2.45) is 0 Å². The molecule has 0 saturated carbocycles. The molecule has 0 radical (unpaired) electrons. The molecule has 1 fully saturated rings. The van der Waals surface area contributed by atoms with E-state index in [0.717, 1.165) is 28.1 Å². The summed E-state index contributed by atoms with van der Waals surface area (Å²) in [5.74, 6) is 0.711. The second kappa shape index (κ2) is 6.79. The molecule has 1 aliphatic rings. The minimum atomic E-state index is -0.0761. The van der Waals surface area contributed by atoms with Crippen molar-refractivity contribution in [3.63, 3.8) is 0 Å². The first kappa shape index (κ1) is 16.7. The Labute approximate surface area is 151 Å². The molecule has 24 heavy (non-hydrogen) atoms. The fourth-order valence-electron chi connectivity index (χ4n) is 2.58. The van der Waals surface area contributed by atoms with Crippen LogP contribution in [0.4, 0.5) is 5.69 Å². The second-order valence-electron chi connectivity index (χ2n) is 5.58. The highest BCUT2D eigenvalue weighted by atomic mass is 32.2. The molecular weight excluding hydrogens is 338 g/mol. The van der Waals surface area contributed by atoms with Gasteiger partial charge in [-0.3, -0.25) is 9.69 Å². The lowest BCUT2D eigenvalue weighted by molar-refractivity contribution is -0.113. The number of thiocarbonyl (C=S) groups is 1. The first-order chi connectivity index (χ1) is 11.5. The highest BCUT2D eigenvalue weighted by molar-refractivity contribution is 8.27. The van der Waals surface area contributed by atoms with Gasteiger partial charge in [-0.1, -0.05) is 53.8 Å². The van der Waals surface area contributed by atoms with Gasteiger partial charge in [0.2, 0.25) is 0 Å². The average Bonchev–Trinajstić information content (AvgIpc) is 2.83. The molecule has 122 valence electrons. The summed E-state index contributed by atoms with van der Waals surface area (Å²) in [5, 5.41) is 0. The Kier molecular flexibility index (Phi) is 4.73. The maximum absolute atomic E-state index is 12.8. The standard InChI is InChI=1S/C19H17NO2S2/c1-12-4-9-16(13(2)10-12)20-18(21)17(24-19(20)23)11-14-5-7-15(22-3)8-6-14/h4-11H,1-3H3/b17-11-. The van der Waals surface area contributed by atoms with Crippen LogP contribution < -0.4 is 9.64 Å². The topological polar surface area (TPSA) is 29.5 Å². The van der Waals surface area contributed by atoms with Crippen molar-refractivity contribution in [1.29, 1.82) is 0 Å². The van der Waals surface area contributed by atoms with Gasteiger partial charge in [0.05, 0.1) is 17.7 Å². The molecular formula is C19H17NO2S2. The lowest BCUT2D eigenvalue weighted by Gasteiger charge is -2.17. The minimum Gasteiger partial charge on any atom is -0.497 e. The Morgan fingerprint density at radius 3 is 2.46 bits per heavy atom. The van der Waals surface area contributed by atoms with Crippen LogP contribution in [0.2, 0.25) is 0 Å². The molecule has 1 amide bonds. The summed E-state index contributed by atoms with van der Waals surface area (Å²) < 4.78 is 5.71. The monoisotopic (exact) mass is 355 g/mol. The molecule has 1 heterocycles. The van der Waals surface area contributed by atoms with Gasteiger partial charge in [0.1, 0.15) is 5.75 Å². The number of nitrogens with zero attached hydrogens (tertiary/aromatic N) is 1. The minimum absolute atomic E-state index is 0.0761. The maximum Gasteiger partial charge on any atom is 0.270 e. The van der Waals surface area contributed by atoms with E-state index in [4.69, 9.17) is 17.0 Å². The molecule has 0 N–H and O–H groups in total. The van der Waals surface area contributed by atoms with Crippen molar-refractivity contribution < 1.29 is 9.53 Å². The molecule has 0 atom stereocenters. The van der Waals surface area contributed by atoms with Crippen LogP contribution in [0.1, 0.15) is 16.7 Å². The van der Waals surface area contributed by atoms with Gasteiger partial charge >= 0.3 is 0 Å².